The summed E-state index contributed by atoms with van der Waals surface area (Å²) in [5, 5.41) is 2.75. The van der Waals surface area contributed by atoms with Crippen LogP contribution >= 0.6 is 0 Å². The summed E-state index contributed by atoms with van der Waals surface area (Å²) in [4.78, 5) is 11.8. The number of nitrogens with one attached hydrogen (secondary N) is 1. The van der Waals surface area contributed by atoms with Crippen molar-refractivity contribution >= 4 is 5.91 Å². The largest absolute Gasteiger partial charge is 0.353 e. The Morgan fingerprint density at radius 3 is 2.45 bits per heavy atom. The van der Waals surface area contributed by atoms with E-state index in [1.165, 1.54) is 18.2 Å². The third-order valence-electron chi connectivity index (χ3n) is 3.36. The zero-order chi connectivity index (χ0) is 15.1. The van der Waals surface area contributed by atoms with E-state index >= 15 is 0 Å². The molecule has 20 heavy (non-hydrogen) atoms. The van der Waals surface area contributed by atoms with Crippen LogP contribution in [-0.4, -0.2) is 18.5 Å². The number of hydrogen-bond acceptors (Lipinski definition) is 2. The van der Waals surface area contributed by atoms with Crippen LogP contribution < -0.4 is 11.1 Å². The number of benzene rings is 1. The van der Waals surface area contributed by atoms with E-state index in [9.17, 15) is 13.6 Å². The molecule has 0 heterocycles. The molecule has 0 bridgehead atoms. The lowest BCUT2D eigenvalue weighted by molar-refractivity contribution is -0.122. The molecular formula is C15H22F2N2O. The van der Waals surface area contributed by atoms with Gasteiger partial charge in [0, 0.05) is 18.0 Å². The second-order valence-electron chi connectivity index (χ2n) is 5.09. The number of carbonyl (C=O) groups is 1. The molecule has 0 aliphatic heterocycles. The molecule has 1 amide bonds. The van der Waals surface area contributed by atoms with Crippen molar-refractivity contribution in [3.63, 3.8) is 0 Å². The zero-order valence-corrected chi connectivity index (χ0v) is 12.0. The Morgan fingerprint density at radius 1 is 1.35 bits per heavy atom. The summed E-state index contributed by atoms with van der Waals surface area (Å²) in [6.45, 7) is 4.16. The van der Waals surface area contributed by atoms with Crippen molar-refractivity contribution in [3.05, 3.63) is 35.4 Å². The molecule has 112 valence electrons. The maximum atomic E-state index is 13.5. The predicted octanol–water partition coefficient (Wildman–Crippen LogP) is 2.39. The van der Waals surface area contributed by atoms with Crippen molar-refractivity contribution in [3.8, 4) is 0 Å². The van der Waals surface area contributed by atoms with Crippen molar-refractivity contribution in [1.82, 2.24) is 5.32 Å². The number of amides is 1. The summed E-state index contributed by atoms with van der Waals surface area (Å²) < 4.78 is 27.0. The summed E-state index contributed by atoms with van der Waals surface area (Å²) in [5.41, 5.74) is 5.55. The maximum Gasteiger partial charge on any atom is 0.220 e. The van der Waals surface area contributed by atoms with Crippen LogP contribution in [0.3, 0.4) is 0 Å². The smallest absolute Gasteiger partial charge is 0.220 e. The van der Waals surface area contributed by atoms with E-state index in [-0.39, 0.29) is 29.9 Å². The average Bonchev–Trinajstić information content (AvgIpc) is 2.40. The first kappa shape index (κ1) is 16.6. The number of carbonyl (C=O) groups excluding carboxylic acids is 1. The van der Waals surface area contributed by atoms with Crippen LogP contribution in [0, 0.1) is 17.6 Å². The van der Waals surface area contributed by atoms with Gasteiger partial charge in [-0.1, -0.05) is 19.4 Å². The highest BCUT2D eigenvalue weighted by Crippen LogP contribution is 2.14. The average molecular weight is 284 g/mol. The summed E-state index contributed by atoms with van der Waals surface area (Å²) in [6, 6.07) is 3.43. The molecular weight excluding hydrogens is 262 g/mol. The quantitative estimate of drug-likeness (QED) is 0.807. The third kappa shape index (κ3) is 4.89. The van der Waals surface area contributed by atoms with Crippen LogP contribution in [0.1, 0.15) is 32.3 Å². The fraction of sp³-hybridized carbons (Fsp3) is 0.533. The topological polar surface area (TPSA) is 55.1 Å². The normalized spacial score (nSPS) is 13.8. The number of rotatable bonds is 7. The molecule has 1 rings (SSSR count). The molecule has 2 atom stereocenters. The van der Waals surface area contributed by atoms with Crippen molar-refractivity contribution < 1.29 is 13.6 Å². The molecule has 0 radical (unpaired) electrons. The van der Waals surface area contributed by atoms with Gasteiger partial charge in [0.25, 0.3) is 0 Å². The minimum absolute atomic E-state index is 0.00571. The lowest BCUT2D eigenvalue weighted by Crippen LogP contribution is -2.36. The van der Waals surface area contributed by atoms with Crippen LogP contribution in [0.5, 0.6) is 0 Å². The Morgan fingerprint density at radius 2 is 1.95 bits per heavy atom. The highest BCUT2D eigenvalue weighted by Gasteiger charge is 2.16. The van der Waals surface area contributed by atoms with Gasteiger partial charge in [0.1, 0.15) is 11.6 Å². The Balaban J connectivity index is 2.55. The molecule has 0 aliphatic rings. The second kappa shape index (κ2) is 7.94. The zero-order valence-electron chi connectivity index (χ0n) is 12.0. The number of nitrogens with two attached hydrogens (primary N) is 1. The summed E-state index contributed by atoms with van der Waals surface area (Å²) in [7, 11) is 0. The van der Waals surface area contributed by atoms with Gasteiger partial charge in [0.15, 0.2) is 0 Å². The fourth-order valence-electron chi connectivity index (χ4n) is 2.07. The molecule has 0 fully saturated rings. The Hall–Kier alpha value is -1.49. The molecule has 3 N–H and O–H groups in total. The monoisotopic (exact) mass is 284 g/mol. The van der Waals surface area contributed by atoms with E-state index in [2.05, 4.69) is 5.32 Å². The molecule has 0 spiro atoms. The SMILES string of the molecule is CCC(CN)CC(=O)NC(C)Cc1c(F)cccc1F. The molecule has 0 saturated carbocycles. The number of hydrogen-bond donors (Lipinski definition) is 2. The van der Waals surface area contributed by atoms with E-state index < -0.39 is 11.6 Å². The van der Waals surface area contributed by atoms with Gasteiger partial charge in [-0.2, -0.15) is 0 Å². The van der Waals surface area contributed by atoms with Gasteiger partial charge in [-0.25, -0.2) is 8.78 Å². The summed E-state index contributed by atoms with van der Waals surface area (Å²) in [6.07, 6.45) is 1.31. The summed E-state index contributed by atoms with van der Waals surface area (Å²) in [5.74, 6) is -1.15. The van der Waals surface area contributed by atoms with Gasteiger partial charge in [-0.15, -0.1) is 0 Å². The first-order valence-electron chi connectivity index (χ1n) is 6.90. The van der Waals surface area contributed by atoms with Crippen LogP contribution in [-0.2, 0) is 11.2 Å². The molecule has 2 unspecified atom stereocenters. The molecule has 0 saturated heterocycles. The standard InChI is InChI=1S/C15H22F2N2O/c1-3-11(9-18)8-15(20)19-10(2)7-12-13(16)5-4-6-14(12)17/h4-6,10-11H,3,7-9,18H2,1-2H3,(H,19,20). The first-order chi connectivity index (χ1) is 9.47. The lowest BCUT2D eigenvalue weighted by Gasteiger charge is -2.17. The van der Waals surface area contributed by atoms with E-state index in [4.69, 9.17) is 5.73 Å². The molecule has 0 aliphatic carbocycles. The fourth-order valence-corrected chi connectivity index (χ4v) is 2.07. The lowest BCUT2D eigenvalue weighted by atomic mass is 10.0. The van der Waals surface area contributed by atoms with Crippen molar-refractivity contribution in [2.45, 2.75) is 39.2 Å². The summed E-state index contributed by atoms with van der Waals surface area (Å²) >= 11 is 0. The Bertz CT molecular complexity index is 427. The Labute approximate surface area is 118 Å². The van der Waals surface area contributed by atoms with Gasteiger partial charge in [0.05, 0.1) is 0 Å². The highest BCUT2D eigenvalue weighted by molar-refractivity contribution is 5.76. The van der Waals surface area contributed by atoms with Gasteiger partial charge in [-0.05, 0) is 37.9 Å². The van der Waals surface area contributed by atoms with Gasteiger partial charge in [0.2, 0.25) is 5.91 Å². The molecule has 1 aromatic rings. The van der Waals surface area contributed by atoms with E-state index in [0.29, 0.717) is 13.0 Å². The third-order valence-corrected chi connectivity index (χ3v) is 3.36. The van der Waals surface area contributed by atoms with Gasteiger partial charge >= 0.3 is 0 Å². The second-order valence-corrected chi connectivity index (χ2v) is 5.09. The van der Waals surface area contributed by atoms with Gasteiger partial charge in [-0.3, -0.25) is 4.79 Å². The van der Waals surface area contributed by atoms with E-state index in [1.54, 1.807) is 6.92 Å². The highest BCUT2D eigenvalue weighted by atomic mass is 19.1. The van der Waals surface area contributed by atoms with Crippen molar-refractivity contribution in [2.24, 2.45) is 11.7 Å². The van der Waals surface area contributed by atoms with Crippen molar-refractivity contribution in [2.75, 3.05) is 6.54 Å². The maximum absolute atomic E-state index is 13.5. The first-order valence-corrected chi connectivity index (χ1v) is 6.90. The molecule has 3 nitrogen and oxygen atoms in total. The van der Waals surface area contributed by atoms with Crippen LogP contribution in [0.15, 0.2) is 18.2 Å². The molecule has 5 heteroatoms. The van der Waals surface area contributed by atoms with Crippen molar-refractivity contribution in [1.29, 1.82) is 0 Å². The minimum atomic E-state index is -0.584. The predicted molar refractivity (Wildman–Crippen MR) is 75.1 cm³/mol. The van der Waals surface area contributed by atoms with E-state index in [1.807, 2.05) is 6.92 Å². The molecule has 0 aromatic heterocycles. The van der Waals surface area contributed by atoms with Crippen LogP contribution in [0.2, 0.25) is 0 Å². The van der Waals surface area contributed by atoms with Gasteiger partial charge < -0.3 is 11.1 Å². The number of halogens is 2. The Kier molecular flexibility index (Phi) is 6.58. The molecule has 1 aromatic carbocycles. The minimum Gasteiger partial charge on any atom is -0.353 e. The van der Waals surface area contributed by atoms with Crippen LogP contribution in [0.25, 0.3) is 0 Å². The van der Waals surface area contributed by atoms with E-state index in [0.717, 1.165) is 6.42 Å². The van der Waals surface area contributed by atoms with Crippen LogP contribution in [0.4, 0.5) is 8.78 Å².